The zero-order chi connectivity index (χ0) is 14.0. The molecule has 2 rings (SSSR count). The van der Waals surface area contributed by atoms with Crippen LogP contribution in [0.1, 0.15) is 24.1 Å². The van der Waals surface area contributed by atoms with Crippen LogP contribution in [0.25, 0.3) is 0 Å². The van der Waals surface area contributed by atoms with Crippen LogP contribution in [0, 0.1) is 6.92 Å². The summed E-state index contributed by atoms with van der Waals surface area (Å²) in [6.45, 7) is 3.97. The van der Waals surface area contributed by atoms with Gasteiger partial charge in [0.25, 0.3) is 0 Å². The molecule has 4 heteroatoms. The third kappa shape index (κ3) is 3.59. The molecule has 0 spiro atoms. The minimum Gasteiger partial charge on any atom is -0.457 e. The van der Waals surface area contributed by atoms with Crippen molar-refractivity contribution in [3.05, 3.63) is 56.5 Å². The highest BCUT2D eigenvalue weighted by molar-refractivity contribution is 9.10. The standard InChI is InChI=1S/C15H15Br2NO/c1-9-3-4-12(17)8-15(9)19-14-6-5-11(16)7-13(14)10(2)18/h3-8,10H,18H2,1-2H3. The monoisotopic (exact) mass is 383 g/mol. The van der Waals surface area contributed by atoms with E-state index in [1.54, 1.807) is 0 Å². The summed E-state index contributed by atoms with van der Waals surface area (Å²) < 4.78 is 8.00. The van der Waals surface area contributed by atoms with E-state index < -0.39 is 0 Å². The largest absolute Gasteiger partial charge is 0.457 e. The minimum atomic E-state index is -0.0834. The van der Waals surface area contributed by atoms with Crippen molar-refractivity contribution in [2.75, 3.05) is 0 Å². The second-order valence-electron chi connectivity index (χ2n) is 4.48. The van der Waals surface area contributed by atoms with Gasteiger partial charge in [0.15, 0.2) is 0 Å². The topological polar surface area (TPSA) is 35.2 Å². The van der Waals surface area contributed by atoms with Gasteiger partial charge in [-0.3, -0.25) is 0 Å². The second-order valence-corrected chi connectivity index (χ2v) is 6.31. The maximum atomic E-state index is 6.01. The van der Waals surface area contributed by atoms with Crippen LogP contribution in [-0.4, -0.2) is 0 Å². The molecule has 2 nitrogen and oxygen atoms in total. The number of benzene rings is 2. The van der Waals surface area contributed by atoms with Crippen molar-refractivity contribution < 1.29 is 4.74 Å². The van der Waals surface area contributed by atoms with E-state index in [1.165, 1.54) is 0 Å². The fourth-order valence-corrected chi connectivity index (χ4v) is 2.49. The summed E-state index contributed by atoms with van der Waals surface area (Å²) in [5.41, 5.74) is 8.06. The summed E-state index contributed by atoms with van der Waals surface area (Å²) in [5.74, 6) is 1.62. The fourth-order valence-electron chi connectivity index (χ4n) is 1.77. The Hall–Kier alpha value is -0.840. The smallest absolute Gasteiger partial charge is 0.132 e. The van der Waals surface area contributed by atoms with Gasteiger partial charge in [0.2, 0.25) is 0 Å². The highest BCUT2D eigenvalue weighted by atomic mass is 79.9. The number of halogens is 2. The van der Waals surface area contributed by atoms with E-state index >= 15 is 0 Å². The van der Waals surface area contributed by atoms with E-state index in [0.717, 1.165) is 31.6 Å². The third-order valence-electron chi connectivity index (χ3n) is 2.83. The molecule has 0 aromatic heterocycles. The number of hydrogen-bond donors (Lipinski definition) is 1. The van der Waals surface area contributed by atoms with Gasteiger partial charge in [-0.05, 0) is 49.7 Å². The number of aryl methyl sites for hydroxylation is 1. The molecule has 19 heavy (non-hydrogen) atoms. The lowest BCUT2D eigenvalue weighted by Gasteiger charge is -2.15. The molecule has 0 saturated heterocycles. The summed E-state index contributed by atoms with van der Waals surface area (Å²) in [6.07, 6.45) is 0. The quantitative estimate of drug-likeness (QED) is 0.775. The van der Waals surface area contributed by atoms with E-state index in [9.17, 15) is 0 Å². The molecule has 1 atom stereocenters. The van der Waals surface area contributed by atoms with Gasteiger partial charge in [0.05, 0.1) is 0 Å². The lowest BCUT2D eigenvalue weighted by atomic mass is 10.1. The number of rotatable bonds is 3. The van der Waals surface area contributed by atoms with Crippen molar-refractivity contribution in [1.29, 1.82) is 0 Å². The van der Waals surface area contributed by atoms with Crippen molar-refractivity contribution in [3.8, 4) is 11.5 Å². The van der Waals surface area contributed by atoms with Gasteiger partial charge in [-0.2, -0.15) is 0 Å². The fraction of sp³-hybridized carbons (Fsp3) is 0.200. The Kier molecular flexibility index (Phi) is 4.66. The van der Waals surface area contributed by atoms with Gasteiger partial charge in [-0.1, -0.05) is 37.9 Å². The molecular weight excluding hydrogens is 370 g/mol. The Morgan fingerprint density at radius 1 is 1.00 bits per heavy atom. The van der Waals surface area contributed by atoms with E-state index in [4.69, 9.17) is 10.5 Å². The maximum Gasteiger partial charge on any atom is 0.132 e. The molecule has 0 amide bonds. The van der Waals surface area contributed by atoms with Crippen LogP contribution in [0.3, 0.4) is 0 Å². The normalized spacial score (nSPS) is 12.3. The summed E-state index contributed by atoms with van der Waals surface area (Å²) in [7, 11) is 0. The van der Waals surface area contributed by atoms with Crippen molar-refractivity contribution in [1.82, 2.24) is 0 Å². The van der Waals surface area contributed by atoms with Gasteiger partial charge in [-0.15, -0.1) is 0 Å². The maximum absolute atomic E-state index is 6.01. The van der Waals surface area contributed by atoms with E-state index in [-0.39, 0.29) is 6.04 Å². The molecule has 0 heterocycles. The lowest BCUT2D eigenvalue weighted by Crippen LogP contribution is -2.06. The number of nitrogens with two attached hydrogens (primary N) is 1. The molecule has 0 radical (unpaired) electrons. The van der Waals surface area contributed by atoms with E-state index in [2.05, 4.69) is 31.9 Å². The molecule has 0 aliphatic heterocycles. The van der Waals surface area contributed by atoms with Crippen LogP contribution in [0.4, 0.5) is 0 Å². The molecule has 1 unspecified atom stereocenters. The van der Waals surface area contributed by atoms with Gasteiger partial charge in [0, 0.05) is 20.6 Å². The molecule has 100 valence electrons. The Morgan fingerprint density at radius 3 is 2.32 bits per heavy atom. The Labute approximate surface area is 130 Å². The predicted octanol–water partition coefficient (Wildman–Crippen LogP) is 5.33. The number of ether oxygens (including phenoxy) is 1. The van der Waals surface area contributed by atoms with Gasteiger partial charge in [-0.25, -0.2) is 0 Å². The minimum absolute atomic E-state index is 0.0834. The summed E-state index contributed by atoms with van der Waals surface area (Å²) in [6, 6.07) is 11.8. The molecule has 0 bridgehead atoms. The molecule has 0 aliphatic carbocycles. The zero-order valence-electron chi connectivity index (χ0n) is 10.8. The van der Waals surface area contributed by atoms with E-state index in [0.29, 0.717) is 0 Å². The Bertz CT molecular complexity index is 597. The summed E-state index contributed by atoms with van der Waals surface area (Å²) in [5, 5.41) is 0. The van der Waals surface area contributed by atoms with Crippen molar-refractivity contribution in [2.45, 2.75) is 19.9 Å². The van der Waals surface area contributed by atoms with Crippen molar-refractivity contribution in [2.24, 2.45) is 5.73 Å². The molecular formula is C15H15Br2NO. The average Bonchev–Trinajstić information content (AvgIpc) is 2.35. The first-order valence-corrected chi connectivity index (χ1v) is 7.55. The summed E-state index contributed by atoms with van der Waals surface area (Å²) >= 11 is 6.91. The van der Waals surface area contributed by atoms with E-state index in [1.807, 2.05) is 50.2 Å². The van der Waals surface area contributed by atoms with Crippen LogP contribution in [0.15, 0.2) is 45.3 Å². The number of hydrogen-bond acceptors (Lipinski definition) is 2. The van der Waals surface area contributed by atoms with Crippen LogP contribution >= 0.6 is 31.9 Å². The average molecular weight is 385 g/mol. The van der Waals surface area contributed by atoms with Crippen molar-refractivity contribution >= 4 is 31.9 Å². The molecule has 2 N–H and O–H groups in total. The first kappa shape index (κ1) is 14.6. The second kappa shape index (κ2) is 6.07. The van der Waals surface area contributed by atoms with Gasteiger partial charge >= 0.3 is 0 Å². The molecule has 0 fully saturated rings. The summed E-state index contributed by atoms with van der Waals surface area (Å²) in [4.78, 5) is 0. The SMILES string of the molecule is Cc1ccc(Br)cc1Oc1ccc(Br)cc1C(C)N. The highest BCUT2D eigenvalue weighted by Crippen LogP contribution is 2.33. The Morgan fingerprint density at radius 2 is 1.63 bits per heavy atom. The van der Waals surface area contributed by atoms with Crippen LogP contribution in [0.5, 0.6) is 11.5 Å². The predicted molar refractivity (Wildman–Crippen MR) is 85.7 cm³/mol. The van der Waals surface area contributed by atoms with Gasteiger partial charge in [0.1, 0.15) is 11.5 Å². The van der Waals surface area contributed by atoms with Crippen LogP contribution in [0.2, 0.25) is 0 Å². The third-order valence-corrected chi connectivity index (χ3v) is 3.82. The molecule has 2 aromatic rings. The van der Waals surface area contributed by atoms with Gasteiger partial charge < -0.3 is 10.5 Å². The van der Waals surface area contributed by atoms with Crippen molar-refractivity contribution in [3.63, 3.8) is 0 Å². The zero-order valence-corrected chi connectivity index (χ0v) is 14.0. The lowest BCUT2D eigenvalue weighted by molar-refractivity contribution is 0.468. The first-order valence-electron chi connectivity index (χ1n) is 5.96. The molecule has 0 saturated carbocycles. The van der Waals surface area contributed by atoms with Crippen LogP contribution in [-0.2, 0) is 0 Å². The highest BCUT2D eigenvalue weighted by Gasteiger charge is 2.11. The molecule has 0 aliphatic rings. The van der Waals surface area contributed by atoms with Crippen LogP contribution < -0.4 is 10.5 Å². The first-order chi connectivity index (χ1) is 8.97. The Balaban J connectivity index is 2.40. The molecule has 2 aromatic carbocycles.